The van der Waals surface area contributed by atoms with Crippen LogP contribution in [0.3, 0.4) is 0 Å². The molecule has 0 saturated carbocycles. The number of aliphatic hydroxyl groups excluding tert-OH is 1. The van der Waals surface area contributed by atoms with Crippen LogP contribution in [0.15, 0.2) is 24.3 Å². The molecule has 1 fully saturated rings. The van der Waals surface area contributed by atoms with E-state index in [1.807, 2.05) is 6.07 Å². The fraction of sp³-hybridized carbons (Fsp3) is 0.647. The lowest BCUT2D eigenvalue weighted by atomic mass is 9.89. The summed E-state index contributed by atoms with van der Waals surface area (Å²) >= 11 is 0. The lowest BCUT2D eigenvalue weighted by Crippen LogP contribution is -2.38. The van der Waals surface area contributed by atoms with E-state index in [2.05, 4.69) is 23.5 Å². The van der Waals surface area contributed by atoms with Crippen molar-refractivity contribution in [3.8, 4) is 0 Å². The van der Waals surface area contributed by atoms with Crippen molar-refractivity contribution in [2.75, 3.05) is 24.7 Å². The zero-order valence-corrected chi connectivity index (χ0v) is 14.1. The summed E-state index contributed by atoms with van der Waals surface area (Å²) in [5, 5.41) is 13.2. The minimum absolute atomic E-state index is 0.0370. The molecular weight excluding hydrogens is 314 g/mol. The number of hydrogen-bond acceptors (Lipinski definition) is 5. The average Bonchev–Trinajstić information content (AvgIpc) is 2.90. The van der Waals surface area contributed by atoms with E-state index in [0.717, 1.165) is 19.3 Å². The Kier molecular flexibility index (Phi) is 5.36. The molecule has 1 saturated heterocycles. The van der Waals surface area contributed by atoms with Gasteiger partial charge in [-0.25, -0.2) is 8.42 Å². The minimum atomic E-state index is -2.88. The van der Waals surface area contributed by atoms with Crippen LogP contribution in [-0.4, -0.2) is 50.3 Å². The highest BCUT2D eigenvalue weighted by molar-refractivity contribution is 7.91. The van der Waals surface area contributed by atoms with Crippen LogP contribution < -0.4 is 5.32 Å². The lowest BCUT2D eigenvalue weighted by Gasteiger charge is -2.27. The van der Waals surface area contributed by atoms with Gasteiger partial charge in [0.15, 0.2) is 9.84 Å². The smallest absolute Gasteiger partial charge is 0.151 e. The zero-order chi connectivity index (χ0) is 16.3. The van der Waals surface area contributed by atoms with Gasteiger partial charge in [-0.1, -0.05) is 24.3 Å². The first kappa shape index (κ1) is 16.9. The van der Waals surface area contributed by atoms with E-state index in [4.69, 9.17) is 4.74 Å². The van der Waals surface area contributed by atoms with Crippen LogP contribution in [0, 0.1) is 0 Å². The highest BCUT2D eigenvalue weighted by atomic mass is 32.2. The van der Waals surface area contributed by atoms with Crippen molar-refractivity contribution in [3.05, 3.63) is 35.4 Å². The van der Waals surface area contributed by atoms with Crippen molar-refractivity contribution in [1.29, 1.82) is 0 Å². The van der Waals surface area contributed by atoms with Crippen LogP contribution >= 0.6 is 0 Å². The first-order chi connectivity index (χ1) is 11.0. The molecule has 23 heavy (non-hydrogen) atoms. The van der Waals surface area contributed by atoms with Crippen LogP contribution in [0.5, 0.6) is 0 Å². The maximum absolute atomic E-state index is 11.4. The second-order valence-electron chi connectivity index (χ2n) is 6.58. The number of benzene rings is 1. The summed E-state index contributed by atoms with van der Waals surface area (Å²) in [7, 11) is -2.88. The molecule has 1 aromatic rings. The highest BCUT2D eigenvalue weighted by Gasteiger charge is 2.28. The van der Waals surface area contributed by atoms with Gasteiger partial charge >= 0.3 is 0 Å². The van der Waals surface area contributed by atoms with E-state index in [1.54, 1.807) is 0 Å². The van der Waals surface area contributed by atoms with E-state index >= 15 is 0 Å². The Morgan fingerprint density at radius 3 is 2.91 bits per heavy atom. The Labute approximate surface area is 138 Å². The number of aliphatic hydroxyl groups is 1. The van der Waals surface area contributed by atoms with Crippen molar-refractivity contribution in [1.82, 2.24) is 5.32 Å². The summed E-state index contributed by atoms with van der Waals surface area (Å²) in [6.45, 7) is 0.639. The lowest BCUT2D eigenvalue weighted by molar-refractivity contribution is -0.0172. The molecule has 0 aromatic heterocycles. The number of nitrogens with one attached hydrogen (secondary N) is 1. The van der Waals surface area contributed by atoms with Gasteiger partial charge in [0, 0.05) is 12.6 Å². The minimum Gasteiger partial charge on any atom is -0.389 e. The Hall–Kier alpha value is -0.950. The predicted octanol–water partition coefficient (Wildman–Crippen LogP) is 1.22. The Morgan fingerprint density at radius 2 is 2.13 bits per heavy atom. The average molecular weight is 339 g/mol. The van der Waals surface area contributed by atoms with E-state index in [0.29, 0.717) is 13.0 Å². The quantitative estimate of drug-likeness (QED) is 0.815. The number of ether oxygens (including phenoxy) is 1. The third-order valence-corrected chi connectivity index (χ3v) is 6.45. The van der Waals surface area contributed by atoms with Crippen molar-refractivity contribution in [2.45, 2.75) is 43.9 Å². The first-order valence-electron chi connectivity index (χ1n) is 8.35. The molecule has 3 rings (SSSR count). The summed E-state index contributed by atoms with van der Waals surface area (Å²) in [4.78, 5) is 0. The molecule has 1 aliphatic carbocycles. The third kappa shape index (κ3) is 4.53. The van der Waals surface area contributed by atoms with Gasteiger partial charge in [-0.05, 0) is 36.8 Å². The predicted molar refractivity (Wildman–Crippen MR) is 89.1 cm³/mol. The molecule has 0 unspecified atom stereocenters. The molecule has 0 amide bonds. The van der Waals surface area contributed by atoms with Crippen LogP contribution in [-0.2, 0) is 21.0 Å². The van der Waals surface area contributed by atoms with E-state index < -0.39 is 15.9 Å². The number of sulfone groups is 1. The third-order valence-electron chi connectivity index (χ3n) is 4.68. The van der Waals surface area contributed by atoms with E-state index in [1.165, 1.54) is 11.1 Å². The summed E-state index contributed by atoms with van der Waals surface area (Å²) in [6.07, 6.45) is 3.25. The molecule has 128 valence electrons. The van der Waals surface area contributed by atoms with Gasteiger partial charge in [-0.15, -0.1) is 0 Å². The van der Waals surface area contributed by atoms with E-state index in [-0.39, 0.29) is 30.3 Å². The number of hydrogen-bond donors (Lipinski definition) is 2. The van der Waals surface area contributed by atoms with Gasteiger partial charge in [-0.2, -0.15) is 0 Å². The summed E-state index contributed by atoms with van der Waals surface area (Å²) in [6, 6.07) is 8.29. The fourth-order valence-electron chi connectivity index (χ4n) is 3.43. The van der Waals surface area contributed by atoms with Crippen molar-refractivity contribution in [2.24, 2.45) is 0 Å². The molecule has 0 bridgehead atoms. The summed E-state index contributed by atoms with van der Waals surface area (Å²) in [5.74, 6) is 0.423. The first-order valence-corrected chi connectivity index (χ1v) is 10.2. The second-order valence-corrected chi connectivity index (χ2v) is 8.80. The fourth-order valence-corrected chi connectivity index (χ4v) is 5.14. The number of aryl methyl sites for hydroxylation is 1. The van der Waals surface area contributed by atoms with E-state index in [9.17, 15) is 13.5 Å². The van der Waals surface area contributed by atoms with Crippen molar-refractivity contribution in [3.63, 3.8) is 0 Å². The standard InChI is InChI=1S/C17H25NO4S/c19-15(10-18-14-8-9-23(20,21)12-14)11-22-17-7-3-5-13-4-1-2-6-16(13)17/h1-2,4,6,14-15,17-19H,3,5,7-12H2/t14-,15+,17+/m1/s1. The molecule has 0 spiro atoms. The Balaban J connectivity index is 1.44. The normalized spacial score (nSPS) is 27.5. The molecule has 1 aromatic carbocycles. The molecule has 6 heteroatoms. The van der Waals surface area contributed by atoms with Crippen LogP contribution in [0.2, 0.25) is 0 Å². The largest absolute Gasteiger partial charge is 0.389 e. The maximum Gasteiger partial charge on any atom is 0.151 e. The Bertz CT molecular complexity index is 631. The molecule has 1 aliphatic heterocycles. The van der Waals surface area contributed by atoms with Gasteiger partial charge < -0.3 is 15.2 Å². The van der Waals surface area contributed by atoms with Crippen LogP contribution in [0.1, 0.15) is 36.5 Å². The van der Waals surface area contributed by atoms with Gasteiger partial charge in [0.25, 0.3) is 0 Å². The summed E-state index contributed by atoms with van der Waals surface area (Å²) < 4.78 is 28.7. The van der Waals surface area contributed by atoms with Crippen molar-refractivity contribution >= 4 is 9.84 Å². The molecule has 2 aliphatic rings. The number of rotatable bonds is 6. The molecule has 1 heterocycles. The van der Waals surface area contributed by atoms with Crippen molar-refractivity contribution < 1.29 is 18.3 Å². The monoisotopic (exact) mass is 339 g/mol. The Morgan fingerprint density at radius 1 is 1.30 bits per heavy atom. The van der Waals surface area contributed by atoms with Crippen LogP contribution in [0.25, 0.3) is 0 Å². The molecule has 0 radical (unpaired) electrons. The molecule has 3 atom stereocenters. The summed E-state index contributed by atoms with van der Waals surface area (Å²) in [5.41, 5.74) is 2.58. The SMILES string of the molecule is O=S1(=O)CC[C@@H](NC[C@H](O)CO[C@H]2CCCc3ccccc32)C1. The molecule has 2 N–H and O–H groups in total. The highest BCUT2D eigenvalue weighted by Crippen LogP contribution is 2.32. The van der Waals surface area contributed by atoms with Crippen LogP contribution in [0.4, 0.5) is 0 Å². The topological polar surface area (TPSA) is 75.6 Å². The second kappa shape index (κ2) is 7.30. The molecule has 5 nitrogen and oxygen atoms in total. The number of fused-ring (bicyclic) bond motifs is 1. The van der Waals surface area contributed by atoms with Gasteiger partial charge in [0.05, 0.1) is 30.3 Å². The maximum atomic E-state index is 11.4. The van der Waals surface area contributed by atoms with Gasteiger partial charge in [-0.3, -0.25) is 0 Å². The molecular formula is C17H25NO4S. The van der Waals surface area contributed by atoms with Gasteiger partial charge in [0.2, 0.25) is 0 Å². The van der Waals surface area contributed by atoms with Gasteiger partial charge in [0.1, 0.15) is 0 Å². The zero-order valence-electron chi connectivity index (χ0n) is 13.3.